The van der Waals surface area contributed by atoms with Crippen LogP contribution in [0.15, 0.2) is 18.3 Å². The molecule has 0 aliphatic carbocycles. The van der Waals surface area contributed by atoms with Crippen molar-refractivity contribution >= 4 is 23.8 Å². The normalized spacial score (nSPS) is 21.9. The van der Waals surface area contributed by atoms with Crippen molar-refractivity contribution in [3.05, 3.63) is 24.0 Å². The Bertz CT molecular complexity index is 820. The van der Waals surface area contributed by atoms with E-state index in [2.05, 4.69) is 16.0 Å². The van der Waals surface area contributed by atoms with Crippen LogP contribution < -0.4 is 16.0 Å². The fraction of sp³-hybridized carbons (Fsp3) is 0.600. The van der Waals surface area contributed by atoms with E-state index in [4.69, 9.17) is 0 Å². The molecule has 30 heavy (non-hydrogen) atoms. The van der Waals surface area contributed by atoms with Crippen LogP contribution in [0.3, 0.4) is 0 Å². The van der Waals surface area contributed by atoms with Crippen molar-refractivity contribution in [1.29, 1.82) is 0 Å². The Morgan fingerprint density at radius 2 is 2.00 bits per heavy atom. The molecule has 0 spiro atoms. The number of amides is 5. The lowest BCUT2D eigenvalue weighted by molar-refractivity contribution is -0.133. The summed E-state index contributed by atoms with van der Waals surface area (Å²) in [6, 6.07) is 1.56. The zero-order chi connectivity index (χ0) is 21.8. The summed E-state index contributed by atoms with van der Waals surface area (Å²) in [7, 11) is 1.78. The van der Waals surface area contributed by atoms with Crippen LogP contribution in [0, 0.1) is 0 Å². The molecule has 164 valence electrons. The number of urea groups is 1. The quantitative estimate of drug-likeness (QED) is 0.621. The van der Waals surface area contributed by atoms with Gasteiger partial charge in [-0.25, -0.2) is 4.79 Å². The lowest BCUT2D eigenvalue weighted by Crippen LogP contribution is -2.65. The van der Waals surface area contributed by atoms with Gasteiger partial charge in [0.2, 0.25) is 11.8 Å². The molecule has 2 aliphatic heterocycles. The second-order valence-corrected chi connectivity index (χ2v) is 8.06. The molecular formula is C20H30N6O4. The van der Waals surface area contributed by atoms with Gasteiger partial charge in [0.25, 0.3) is 5.91 Å². The van der Waals surface area contributed by atoms with Crippen molar-refractivity contribution in [3.63, 3.8) is 0 Å². The van der Waals surface area contributed by atoms with Gasteiger partial charge in [0.15, 0.2) is 0 Å². The number of carbonyl (C=O) groups is 4. The molecule has 2 fully saturated rings. The van der Waals surface area contributed by atoms with Gasteiger partial charge in [-0.05, 0) is 38.8 Å². The third-order valence-corrected chi connectivity index (χ3v) is 5.41. The number of nitrogens with one attached hydrogen (secondary N) is 3. The van der Waals surface area contributed by atoms with E-state index < -0.39 is 18.0 Å². The molecule has 3 heterocycles. The topological polar surface area (TPSA) is 116 Å². The first-order valence-electron chi connectivity index (χ1n) is 10.3. The maximum Gasteiger partial charge on any atom is 0.318 e. The number of aryl methyl sites for hydroxylation is 1. The zero-order valence-corrected chi connectivity index (χ0v) is 17.7. The van der Waals surface area contributed by atoms with E-state index in [1.807, 2.05) is 13.8 Å². The van der Waals surface area contributed by atoms with Crippen molar-refractivity contribution in [2.45, 2.75) is 44.8 Å². The Balaban J connectivity index is 1.77. The van der Waals surface area contributed by atoms with Crippen LogP contribution in [0.4, 0.5) is 4.79 Å². The monoisotopic (exact) mass is 418 g/mol. The highest BCUT2D eigenvalue weighted by atomic mass is 16.2. The highest BCUT2D eigenvalue weighted by molar-refractivity contribution is 5.95. The standard InChI is InChI=1S/C20H30N6O4/c1-13(2)22-20(30)26-11-10-25(19(29)15-7-5-9-24(15)3)12-16(26)18(28)23-14-6-4-8-21-17(14)27/h5,7,9,13-14,16H,4,6,8,10-12H2,1-3H3,(H,21,27)(H,22,30)(H,23,28)/t14-,16+/m1/s1. The lowest BCUT2D eigenvalue weighted by atomic mass is 10.1. The fourth-order valence-corrected chi connectivity index (χ4v) is 3.79. The summed E-state index contributed by atoms with van der Waals surface area (Å²) in [5, 5.41) is 8.32. The summed E-state index contributed by atoms with van der Waals surface area (Å²) in [6.45, 7) is 4.89. The van der Waals surface area contributed by atoms with Gasteiger partial charge in [0, 0.05) is 38.9 Å². The maximum atomic E-state index is 13.1. The number of aromatic nitrogens is 1. The third kappa shape index (κ3) is 4.74. The SMILES string of the molecule is CC(C)NC(=O)N1CCN(C(=O)c2cccn2C)C[C@H]1C(=O)N[C@@H]1CCCNC1=O. The van der Waals surface area contributed by atoms with Crippen LogP contribution in [0.2, 0.25) is 0 Å². The van der Waals surface area contributed by atoms with E-state index in [9.17, 15) is 19.2 Å². The van der Waals surface area contributed by atoms with E-state index in [-0.39, 0.29) is 37.0 Å². The summed E-state index contributed by atoms with van der Waals surface area (Å²) in [6.07, 6.45) is 3.11. The number of hydrogen-bond donors (Lipinski definition) is 3. The fourth-order valence-electron chi connectivity index (χ4n) is 3.79. The van der Waals surface area contributed by atoms with Crippen LogP contribution in [0.1, 0.15) is 37.2 Å². The van der Waals surface area contributed by atoms with Gasteiger partial charge in [-0.1, -0.05) is 0 Å². The molecule has 3 rings (SSSR count). The molecule has 2 saturated heterocycles. The van der Waals surface area contributed by atoms with Crippen molar-refractivity contribution in [2.75, 3.05) is 26.2 Å². The minimum absolute atomic E-state index is 0.0652. The predicted molar refractivity (Wildman–Crippen MR) is 110 cm³/mol. The van der Waals surface area contributed by atoms with Crippen LogP contribution >= 0.6 is 0 Å². The number of nitrogens with zero attached hydrogens (tertiary/aromatic N) is 3. The van der Waals surface area contributed by atoms with Gasteiger partial charge in [0.05, 0.1) is 6.54 Å². The van der Waals surface area contributed by atoms with E-state index in [1.165, 1.54) is 4.90 Å². The molecule has 0 radical (unpaired) electrons. The molecule has 2 atom stereocenters. The third-order valence-electron chi connectivity index (χ3n) is 5.41. The first kappa shape index (κ1) is 21.7. The van der Waals surface area contributed by atoms with E-state index >= 15 is 0 Å². The molecule has 0 aromatic carbocycles. The number of piperidine rings is 1. The molecule has 0 saturated carbocycles. The second kappa shape index (κ2) is 9.19. The largest absolute Gasteiger partial charge is 0.354 e. The number of rotatable bonds is 4. The summed E-state index contributed by atoms with van der Waals surface area (Å²) in [4.78, 5) is 53.8. The maximum absolute atomic E-state index is 13.1. The minimum Gasteiger partial charge on any atom is -0.354 e. The Hall–Kier alpha value is -3.04. The van der Waals surface area contributed by atoms with E-state index in [1.54, 1.807) is 34.8 Å². The molecule has 0 bridgehead atoms. The molecular weight excluding hydrogens is 388 g/mol. The molecule has 1 aromatic rings. The summed E-state index contributed by atoms with van der Waals surface area (Å²) in [5.74, 6) is -0.847. The van der Waals surface area contributed by atoms with Crippen molar-refractivity contribution in [3.8, 4) is 0 Å². The second-order valence-electron chi connectivity index (χ2n) is 8.06. The highest BCUT2D eigenvalue weighted by Gasteiger charge is 2.39. The minimum atomic E-state index is -0.878. The Kier molecular flexibility index (Phi) is 6.63. The van der Waals surface area contributed by atoms with Gasteiger partial charge in [-0.3, -0.25) is 14.4 Å². The van der Waals surface area contributed by atoms with E-state index in [0.29, 0.717) is 25.2 Å². The van der Waals surface area contributed by atoms with Crippen molar-refractivity contribution in [2.24, 2.45) is 7.05 Å². The van der Waals surface area contributed by atoms with Gasteiger partial charge in [0.1, 0.15) is 17.8 Å². The van der Waals surface area contributed by atoms with Crippen LogP contribution in [-0.2, 0) is 16.6 Å². The Morgan fingerprint density at radius 1 is 1.23 bits per heavy atom. The molecule has 0 unspecified atom stereocenters. The number of hydrogen-bond acceptors (Lipinski definition) is 4. The van der Waals surface area contributed by atoms with Crippen molar-refractivity contribution < 1.29 is 19.2 Å². The molecule has 2 aliphatic rings. The lowest BCUT2D eigenvalue weighted by Gasteiger charge is -2.41. The summed E-state index contributed by atoms with van der Waals surface area (Å²) < 4.78 is 1.72. The average Bonchev–Trinajstić information content (AvgIpc) is 3.14. The zero-order valence-electron chi connectivity index (χ0n) is 17.7. The Labute approximate surface area is 175 Å². The summed E-state index contributed by atoms with van der Waals surface area (Å²) >= 11 is 0. The molecule has 1 aromatic heterocycles. The van der Waals surface area contributed by atoms with E-state index in [0.717, 1.165) is 6.42 Å². The van der Waals surface area contributed by atoms with Gasteiger partial charge < -0.3 is 30.3 Å². The molecule has 5 amide bonds. The van der Waals surface area contributed by atoms with Crippen LogP contribution in [-0.4, -0.2) is 82.4 Å². The number of carbonyl (C=O) groups excluding carboxylic acids is 4. The van der Waals surface area contributed by atoms with Gasteiger partial charge in [-0.2, -0.15) is 0 Å². The Morgan fingerprint density at radius 3 is 2.63 bits per heavy atom. The summed E-state index contributed by atoms with van der Waals surface area (Å²) in [5.41, 5.74) is 0.515. The van der Waals surface area contributed by atoms with Crippen molar-refractivity contribution in [1.82, 2.24) is 30.3 Å². The number of piperazine rings is 1. The molecule has 10 heteroatoms. The van der Waals surface area contributed by atoms with Crippen LogP contribution in [0.25, 0.3) is 0 Å². The first-order chi connectivity index (χ1) is 14.3. The van der Waals surface area contributed by atoms with Crippen LogP contribution in [0.5, 0.6) is 0 Å². The highest BCUT2D eigenvalue weighted by Crippen LogP contribution is 2.16. The molecule has 10 nitrogen and oxygen atoms in total. The van der Waals surface area contributed by atoms with Gasteiger partial charge in [-0.15, -0.1) is 0 Å². The molecule has 3 N–H and O–H groups in total. The first-order valence-corrected chi connectivity index (χ1v) is 10.3. The smallest absolute Gasteiger partial charge is 0.318 e. The van der Waals surface area contributed by atoms with Gasteiger partial charge >= 0.3 is 6.03 Å². The average molecular weight is 418 g/mol. The predicted octanol–water partition coefficient (Wildman–Crippen LogP) is -0.336.